The van der Waals surface area contributed by atoms with Crippen LogP contribution in [0.15, 0.2) is 48.7 Å². The number of piperidine rings is 1. The molecule has 148 valence electrons. The van der Waals surface area contributed by atoms with Crippen LogP contribution in [0.25, 0.3) is 22.2 Å². The number of nitrogens with one attached hydrogen (secondary N) is 1. The summed E-state index contributed by atoms with van der Waals surface area (Å²) in [6.45, 7) is 0. The first-order valence-electron chi connectivity index (χ1n) is 10.2. The van der Waals surface area contributed by atoms with Crippen LogP contribution in [-0.4, -0.2) is 45.9 Å². The number of fused-ring (bicyclic) bond motifs is 3. The first kappa shape index (κ1) is 18.1. The van der Waals surface area contributed by atoms with Gasteiger partial charge in [0, 0.05) is 41.0 Å². The van der Waals surface area contributed by atoms with Gasteiger partial charge in [-0.05, 0) is 63.1 Å². The molecular formula is C23H25N5O. The van der Waals surface area contributed by atoms with Crippen molar-refractivity contribution in [3.8, 4) is 11.3 Å². The molecule has 2 aromatic heterocycles. The second kappa shape index (κ2) is 7.12. The Kier molecular flexibility index (Phi) is 4.43. The molecule has 2 aliphatic rings. The minimum atomic E-state index is -0.0947. The first-order chi connectivity index (χ1) is 14.1. The highest BCUT2D eigenvalue weighted by Gasteiger charge is 2.38. The van der Waals surface area contributed by atoms with Crippen molar-refractivity contribution < 1.29 is 4.79 Å². The molecule has 29 heavy (non-hydrogen) atoms. The third kappa shape index (κ3) is 3.34. The molecule has 2 aliphatic heterocycles. The van der Waals surface area contributed by atoms with Crippen LogP contribution in [-0.2, 0) is 0 Å². The Morgan fingerprint density at radius 2 is 1.93 bits per heavy atom. The SMILES string of the molecule is CN1C2CCC1CC(NC(=O)c1cccc(-c3ccc4nccc(N)c4c3)n1)C2. The van der Waals surface area contributed by atoms with E-state index in [2.05, 4.69) is 27.2 Å². The van der Waals surface area contributed by atoms with Crippen molar-refractivity contribution >= 4 is 22.5 Å². The maximum Gasteiger partial charge on any atom is 0.270 e. The molecule has 0 radical (unpaired) electrons. The highest BCUT2D eigenvalue weighted by molar-refractivity contribution is 5.94. The van der Waals surface area contributed by atoms with Crippen molar-refractivity contribution in [2.24, 2.45) is 0 Å². The molecule has 2 unspecified atom stereocenters. The fourth-order valence-corrected chi connectivity index (χ4v) is 4.84. The molecule has 4 heterocycles. The number of carbonyl (C=O) groups is 1. The van der Waals surface area contributed by atoms with Crippen LogP contribution in [0.4, 0.5) is 5.69 Å². The number of nitrogens with zero attached hydrogens (tertiary/aromatic N) is 3. The molecule has 3 aromatic rings. The van der Waals surface area contributed by atoms with E-state index in [1.807, 2.05) is 30.3 Å². The number of anilines is 1. The van der Waals surface area contributed by atoms with Gasteiger partial charge in [0.25, 0.3) is 5.91 Å². The van der Waals surface area contributed by atoms with Gasteiger partial charge in [-0.1, -0.05) is 12.1 Å². The van der Waals surface area contributed by atoms with Gasteiger partial charge in [0.05, 0.1) is 11.2 Å². The Balaban J connectivity index is 1.37. The summed E-state index contributed by atoms with van der Waals surface area (Å²) in [5, 5.41) is 4.11. The predicted molar refractivity (Wildman–Crippen MR) is 114 cm³/mol. The zero-order chi connectivity index (χ0) is 20.0. The molecule has 5 rings (SSSR count). The van der Waals surface area contributed by atoms with Gasteiger partial charge in [-0.15, -0.1) is 0 Å². The maximum atomic E-state index is 12.9. The summed E-state index contributed by atoms with van der Waals surface area (Å²) in [6, 6.07) is 14.7. The number of nitrogens with two attached hydrogens (primary N) is 1. The number of carbonyl (C=O) groups excluding carboxylic acids is 1. The Bertz CT molecular complexity index is 1070. The second-order valence-corrected chi connectivity index (χ2v) is 8.23. The minimum Gasteiger partial charge on any atom is -0.398 e. The van der Waals surface area contributed by atoms with Crippen molar-refractivity contribution in [1.82, 2.24) is 20.2 Å². The van der Waals surface area contributed by atoms with Crippen LogP contribution in [0.3, 0.4) is 0 Å². The lowest BCUT2D eigenvalue weighted by atomic mass is 9.98. The normalized spacial score (nSPS) is 24.0. The lowest BCUT2D eigenvalue weighted by Crippen LogP contribution is -2.48. The molecule has 0 spiro atoms. The third-order valence-electron chi connectivity index (χ3n) is 6.49. The van der Waals surface area contributed by atoms with Crippen LogP contribution in [0.2, 0.25) is 0 Å². The number of amides is 1. The fraction of sp³-hybridized carbons (Fsp3) is 0.348. The number of hydrogen-bond acceptors (Lipinski definition) is 5. The Hall–Kier alpha value is -2.99. The van der Waals surface area contributed by atoms with Crippen LogP contribution >= 0.6 is 0 Å². The average Bonchev–Trinajstić information content (AvgIpc) is 2.94. The van der Waals surface area contributed by atoms with E-state index in [0.717, 1.165) is 35.0 Å². The largest absolute Gasteiger partial charge is 0.398 e. The number of aromatic nitrogens is 2. The highest BCUT2D eigenvalue weighted by Crippen LogP contribution is 2.34. The van der Waals surface area contributed by atoms with Crippen molar-refractivity contribution in [3.63, 3.8) is 0 Å². The number of rotatable bonds is 3. The van der Waals surface area contributed by atoms with Gasteiger partial charge in [-0.2, -0.15) is 0 Å². The summed E-state index contributed by atoms with van der Waals surface area (Å²) < 4.78 is 0. The lowest BCUT2D eigenvalue weighted by Gasteiger charge is -2.36. The first-order valence-corrected chi connectivity index (χ1v) is 10.2. The van der Waals surface area contributed by atoms with Gasteiger partial charge in [0.2, 0.25) is 0 Å². The van der Waals surface area contributed by atoms with Gasteiger partial charge >= 0.3 is 0 Å². The topological polar surface area (TPSA) is 84.1 Å². The van der Waals surface area contributed by atoms with Gasteiger partial charge in [0.15, 0.2) is 0 Å². The summed E-state index contributed by atoms with van der Waals surface area (Å²) in [7, 11) is 2.21. The van der Waals surface area contributed by atoms with Crippen molar-refractivity contribution in [2.45, 2.75) is 43.8 Å². The molecule has 2 atom stereocenters. The van der Waals surface area contributed by atoms with Gasteiger partial charge in [-0.3, -0.25) is 9.78 Å². The maximum absolute atomic E-state index is 12.9. The monoisotopic (exact) mass is 387 g/mol. The van der Waals surface area contributed by atoms with Crippen LogP contribution in [0, 0.1) is 0 Å². The molecule has 2 saturated heterocycles. The molecule has 2 bridgehead atoms. The van der Waals surface area contributed by atoms with Crippen LogP contribution in [0.1, 0.15) is 36.2 Å². The fourth-order valence-electron chi connectivity index (χ4n) is 4.84. The molecule has 0 saturated carbocycles. The number of pyridine rings is 2. The highest BCUT2D eigenvalue weighted by atomic mass is 16.1. The Morgan fingerprint density at radius 3 is 2.72 bits per heavy atom. The standard InChI is InChI=1S/C23H25N5O/c1-28-16-6-7-17(28)13-15(12-16)26-23(29)22-4-2-3-20(27-22)14-5-8-21-18(11-14)19(24)9-10-25-21/h2-5,8-11,15-17H,6-7,12-13H2,1H3,(H2,24,25)(H,26,29). The van der Waals surface area contributed by atoms with Gasteiger partial charge in [-0.25, -0.2) is 4.98 Å². The molecule has 6 nitrogen and oxygen atoms in total. The molecular weight excluding hydrogens is 362 g/mol. The van der Waals surface area contributed by atoms with E-state index in [4.69, 9.17) is 5.73 Å². The second-order valence-electron chi connectivity index (χ2n) is 8.23. The lowest BCUT2D eigenvalue weighted by molar-refractivity contribution is 0.0877. The summed E-state index contributed by atoms with van der Waals surface area (Å²) in [5.41, 5.74) is 9.75. The molecule has 0 aliphatic carbocycles. The van der Waals surface area contributed by atoms with E-state index in [1.165, 1.54) is 12.8 Å². The number of benzene rings is 1. The molecule has 6 heteroatoms. The smallest absolute Gasteiger partial charge is 0.270 e. The van der Waals surface area contributed by atoms with Crippen molar-refractivity contribution in [2.75, 3.05) is 12.8 Å². The van der Waals surface area contributed by atoms with E-state index in [9.17, 15) is 4.79 Å². The predicted octanol–water partition coefficient (Wildman–Crippen LogP) is 3.23. The number of hydrogen-bond donors (Lipinski definition) is 2. The average molecular weight is 387 g/mol. The molecule has 1 amide bonds. The van der Waals surface area contributed by atoms with Crippen LogP contribution in [0.5, 0.6) is 0 Å². The van der Waals surface area contributed by atoms with E-state index >= 15 is 0 Å². The van der Waals surface area contributed by atoms with Gasteiger partial charge < -0.3 is 16.0 Å². The van der Waals surface area contributed by atoms with E-state index in [-0.39, 0.29) is 11.9 Å². The quantitative estimate of drug-likeness (QED) is 0.721. The third-order valence-corrected chi connectivity index (χ3v) is 6.49. The summed E-state index contributed by atoms with van der Waals surface area (Å²) >= 11 is 0. The van der Waals surface area contributed by atoms with Crippen molar-refractivity contribution in [3.05, 3.63) is 54.4 Å². The molecule has 3 N–H and O–H groups in total. The zero-order valence-corrected chi connectivity index (χ0v) is 16.5. The molecule has 2 fully saturated rings. The molecule has 1 aromatic carbocycles. The Labute approximate surface area is 170 Å². The zero-order valence-electron chi connectivity index (χ0n) is 16.5. The van der Waals surface area contributed by atoms with Crippen LogP contribution < -0.4 is 11.1 Å². The van der Waals surface area contributed by atoms with Gasteiger partial charge in [0.1, 0.15) is 5.69 Å². The van der Waals surface area contributed by atoms with E-state index in [0.29, 0.717) is 23.5 Å². The van der Waals surface area contributed by atoms with Crippen molar-refractivity contribution in [1.29, 1.82) is 0 Å². The van der Waals surface area contributed by atoms with E-state index in [1.54, 1.807) is 18.3 Å². The summed E-state index contributed by atoms with van der Waals surface area (Å²) in [6.07, 6.45) is 6.23. The van der Waals surface area contributed by atoms with E-state index < -0.39 is 0 Å². The minimum absolute atomic E-state index is 0.0947. The Morgan fingerprint density at radius 1 is 1.14 bits per heavy atom. The summed E-state index contributed by atoms with van der Waals surface area (Å²) in [5.74, 6) is -0.0947. The summed E-state index contributed by atoms with van der Waals surface area (Å²) in [4.78, 5) is 24.3. The number of nitrogen functional groups attached to an aromatic ring is 1.